The molecule has 1 aromatic carbocycles. The van der Waals surface area contributed by atoms with Crippen LogP contribution in [0.1, 0.15) is 68.1 Å². The lowest BCUT2D eigenvalue weighted by Crippen LogP contribution is -2.47. The fraction of sp³-hybridized carbons (Fsp3) is 0.696. The Morgan fingerprint density at radius 2 is 1.63 bits per heavy atom. The van der Waals surface area contributed by atoms with Gasteiger partial charge in [0.2, 0.25) is 0 Å². The van der Waals surface area contributed by atoms with E-state index in [0.717, 1.165) is 49.5 Å². The number of carbonyl (C=O) groups excluding carboxylic acids is 1. The molecule has 4 fully saturated rings. The van der Waals surface area contributed by atoms with Crippen molar-refractivity contribution in [3.63, 3.8) is 0 Å². The summed E-state index contributed by atoms with van der Waals surface area (Å²) in [6.07, 6.45) is 11.7. The number of hydrogen-bond acceptors (Lipinski definition) is 3. The van der Waals surface area contributed by atoms with Gasteiger partial charge in [0.15, 0.2) is 0 Å². The average Bonchev–Trinajstić information content (AvgIpc) is 3.47. The Morgan fingerprint density at radius 1 is 0.889 bits per heavy atom. The molecule has 146 valence electrons. The van der Waals surface area contributed by atoms with Crippen LogP contribution >= 0.6 is 0 Å². The second-order valence-electron chi connectivity index (χ2n) is 9.25. The third-order valence-corrected chi connectivity index (χ3v) is 7.57. The largest absolute Gasteiger partial charge is 0.371 e. The molecule has 1 aromatic rings. The summed E-state index contributed by atoms with van der Waals surface area (Å²) in [5.41, 5.74) is 2.07. The summed E-state index contributed by atoms with van der Waals surface area (Å²) in [4.78, 5) is 17.7. The van der Waals surface area contributed by atoms with E-state index in [1.807, 2.05) is 12.1 Å². The van der Waals surface area contributed by atoms with Gasteiger partial charge in [0.25, 0.3) is 5.91 Å². The number of carbonyl (C=O) groups is 1. The molecule has 27 heavy (non-hydrogen) atoms. The van der Waals surface area contributed by atoms with Crippen molar-refractivity contribution in [3.05, 3.63) is 29.8 Å². The first-order valence-electron chi connectivity index (χ1n) is 11.2. The first kappa shape index (κ1) is 17.5. The van der Waals surface area contributed by atoms with Crippen LogP contribution in [-0.2, 0) is 0 Å². The standard InChI is InChI=1S/C23H33N3O/c27-23(24-19-3-1-2-4-19)18-6-9-20(10-7-18)25-13-11-21(12-14-25)26-16-17-5-8-22(26)15-17/h6-7,9-10,17,19,21-22H,1-5,8,11-16H2,(H,24,27). The minimum atomic E-state index is 0.0937. The number of likely N-dealkylation sites (tertiary alicyclic amines) is 1. The molecule has 2 atom stereocenters. The number of nitrogens with zero attached hydrogens (tertiary/aromatic N) is 2. The Balaban J connectivity index is 1.15. The van der Waals surface area contributed by atoms with Crippen LogP contribution in [0.2, 0.25) is 0 Å². The van der Waals surface area contributed by atoms with Crippen LogP contribution in [-0.4, -0.2) is 48.6 Å². The van der Waals surface area contributed by atoms with Crippen LogP contribution in [0.3, 0.4) is 0 Å². The van der Waals surface area contributed by atoms with Gasteiger partial charge >= 0.3 is 0 Å². The van der Waals surface area contributed by atoms with Crippen molar-refractivity contribution in [1.29, 1.82) is 0 Å². The molecule has 2 bridgehead atoms. The van der Waals surface area contributed by atoms with Gasteiger partial charge in [-0.05, 0) is 75.1 Å². The van der Waals surface area contributed by atoms with Gasteiger partial charge in [0.1, 0.15) is 0 Å². The summed E-state index contributed by atoms with van der Waals surface area (Å²) < 4.78 is 0. The quantitative estimate of drug-likeness (QED) is 0.879. The van der Waals surface area contributed by atoms with E-state index >= 15 is 0 Å². The van der Waals surface area contributed by atoms with Crippen LogP contribution in [0.25, 0.3) is 0 Å². The Hall–Kier alpha value is -1.55. The Morgan fingerprint density at radius 3 is 2.26 bits per heavy atom. The van der Waals surface area contributed by atoms with E-state index in [1.165, 1.54) is 57.2 Å². The highest BCUT2D eigenvalue weighted by molar-refractivity contribution is 5.94. The smallest absolute Gasteiger partial charge is 0.251 e. The first-order valence-corrected chi connectivity index (χ1v) is 11.2. The third kappa shape index (κ3) is 3.61. The topological polar surface area (TPSA) is 35.6 Å². The molecule has 1 N–H and O–H groups in total. The number of anilines is 1. The summed E-state index contributed by atoms with van der Waals surface area (Å²) in [6, 6.07) is 10.4. The maximum atomic E-state index is 12.4. The molecule has 0 aromatic heterocycles. The van der Waals surface area contributed by atoms with E-state index in [2.05, 4.69) is 27.2 Å². The number of hydrogen-bond donors (Lipinski definition) is 1. The number of piperidine rings is 2. The van der Waals surface area contributed by atoms with Gasteiger partial charge in [-0.25, -0.2) is 0 Å². The van der Waals surface area contributed by atoms with Crippen molar-refractivity contribution in [3.8, 4) is 0 Å². The zero-order chi connectivity index (χ0) is 18.2. The summed E-state index contributed by atoms with van der Waals surface area (Å²) in [6.45, 7) is 3.65. The van der Waals surface area contributed by atoms with Crippen LogP contribution in [0.5, 0.6) is 0 Å². The normalized spacial score (nSPS) is 29.6. The molecule has 4 heteroatoms. The van der Waals surface area contributed by atoms with Gasteiger partial charge in [-0.2, -0.15) is 0 Å². The molecular weight excluding hydrogens is 334 g/mol. The van der Waals surface area contributed by atoms with Crippen molar-refractivity contribution in [2.24, 2.45) is 5.92 Å². The number of amides is 1. The molecule has 4 aliphatic rings. The van der Waals surface area contributed by atoms with Gasteiger partial charge in [-0.3, -0.25) is 9.69 Å². The first-order chi connectivity index (χ1) is 13.3. The molecule has 0 spiro atoms. The third-order valence-electron chi connectivity index (χ3n) is 7.57. The molecule has 2 aliphatic carbocycles. The Bertz CT molecular complexity index is 659. The molecule has 1 amide bonds. The second kappa shape index (κ2) is 7.46. The maximum absolute atomic E-state index is 12.4. The van der Waals surface area contributed by atoms with Crippen LogP contribution < -0.4 is 10.2 Å². The van der Waals surface area contributed by atoms with E-state index in [0.29, 0.717) is 6.04 Å². The summed E-state index contributed by atoms with van der Waals surface area (Å²) in [7, 11) is 0. The fourth-order valence-electron chi connectivity index (χ4n) is 6.03. The fourth-order valence-corrected chi connectivity index (χ4v) is 6.03. The van der Waals surface area contributed by atoms with Crippen molar-refractivity contribution >= 4 is 11.6 Å². The molecule has 2 unspecified atom stereocenters. The molecule has 5 rings (SSSR count). The minimum absolute atomic E-state index is 0.0937. The van der Waals surface area contributed by atoms with E-state index < -0.39 is 0 Å². The van der Waals surface area contributed by atoms with E-state index in [4.69, 9.17) is 0 Å². The predicted molar refractivity (Wildman–Crippen MR) is 109 cm³/mol. The van der Waals surface area contributed by atoms with Gasteiger partial charge in [-0.15, -0.1) is 0 Å². The van der Waals surface area contributed by atoms with Gasteiger partial charge < -0.3 is 10.2 Å². The zero-order valence-corrected chi connectivity index (χ0v) is 16.4. The maximum Gasteiger partial charge on any atom is 0.251 e. The minimum Gasteiger partial charge on any atom is -0.371 e. The monoisotopic (exact) mass is 367 g/mol. The summed E-state index contributed by atoms with van der Waals surface area (Å²) in [5.74, 6) is 1.09. The highest BCUT2D eigenvalue weighted by Gasteiger charge is 2.41. The lowest BCUT2D eigenvalue weighted by molar-refractivity contribution is 0.0938. The Kier molecular flexibility index (Phi) is 4.85. The van der Waals surface area contributed by atoms with Crippen molar-refractivity contribution in [2.75, 3.05) is 24.5 Å². The SMILES string of the molecule is O=C(NC1CCCC1)c1ccc(N2CCC(N3CC4CCC3C4)CC2)cc1. The molecule has 0 radical (unpaired) electrons. The van der Waals surface area contributed by atoms with Crippen LogP contribution in [0, 0.1) is 5.92 Å². The van der Waals surface area contributed by atoms with Gasteiger partial charge in [-0.1, -0.05) is 12.8 Å². The lowest BCUT2D eigenvalue weighted by atomic mass is 9.99. The Labute approximate surface area is 163 Å². The van der Waals surface area contributed by atoms with E-state index in [9.17, 15) is 4.79 Å². The number of rotatable bonds is 4. The molecule has 2 saturated heterocycles. The van der Waals surface area contributed by atoms with Crippen molar-refractivity contribution in [1.82, 2.24) is 10.2 Å². The summed E-state index contributed by atoms with van der Waals surface area (Å²) in [5, 5.41) is 3.19. The summed E-state index contributed by atoms with van der Waals surface area (Å²) >= 11 is 0. The van der Waals surface area contributed by atoms with E-state index in [1.54, 1.807) is 0 Å². The van der Waals surface area contributed by atoms with Gasteiger partial charge in [0, 0.05) is 49.0 Å². The van der Waals surface area contributed by atoms with E-state index in [-0.39, 0.29) is 5.91 Å². The molecule has 2 saturated carbocycles. The number of nitrogens with one attached hydrogen (secondary N) is 1. The average molecular weight is 368 g/mol. The lowest BCUT2D eigenvalue weighted by Gasteiger charge is -2.41. The number of fused-ring (bicyclic) bond motifs is 2. The second-order valence-corrected chi connectivity index (χ2v) is 9.25. The molecule has 2 heterocycles. The highest BCUT2D eigenvalue weighted by Crippen LogP contribution is 2.40. The van der Waals surface area contributed by atoms with Gasteiger partial charge in [0.05, 0.1) is 0 Å². The predicted octanol–water partition coefficient (Wildman–Crippen LogP) is 3.81. The van der Waals surface area contributed by atoms with Crippen molar-refractivity contribution < 1.29 is 4.79 Å². The van der Waals surface area contributed by atoms with Crippen LogP contribution in [0.4, 0.5) is 5.69 Å². The van der Waals surface area contributed by atoms with Crippen molar-refractivity contribution in [2.45, 2.75) is 75.9 Å². The molecule has 2 aliphatic heterocycles. The highest BCUT2D eigenvalue weighted by atomic mass is 16.1. The number of benzene rings is 1. The van der Waals surface area contributed by atoms with Crippen LogP contribution in [0.15, 0.2) is 24.3 Å². The molecule has 4 nitrogen and oxygen atoms in total. The molecular formula is C23H33N3O. The zero-order valence-electron chi connectivity index (χ0n) is 16.4.